The Morgan fingerprint density at radius 1 is 1.44 bits per heavy atom. The third kappa shape index (κ3) is 0.775. The molecule has 1 aliphatic heterocycles. The minimum Gasteiger partial charge on any atom is -0.373 e. The topological polar surface area (TPSA) is 35.2 Å². The highest BCUT2D eigenvalue weighted by Crippen LogP contribution is 2.42. The van der Waals surface area contributed by atoms with Gasteiger partial charge in [0.25, 0.3) is 0 Å². The maximum absolute atomic E-state index is 5.69. The third-order valence-corrected chi connectivity index (χ3v) is 2.50. The Kier molecular flexibility index (Phi) is 1.08. The summed E-state index contributed by atoms with van der Waals surface area (Å²) >= 11 is 0. The average Bonchev–Trinajstić information content (AvgIpc) is 2.09. The molecule has 2 nitrogen and oxygen atoms in total. The van der Waals surface area contributed by atoms with Crippen LogP contribution in [0.25, 0.3) is 0 Å². The highest BCUT2D eigenvalue weighted by molar-refractivity contribution is 4.96. The summed E-state index contributed by atoms with van der Waals surface area (Å²) in [6.07, 6.45) is 4.95. The van der Waals surface area contributed by atoms with Gasteiger partial charge in [-0.05, 0) is 25.7 Å². The number of rotatable bonds is 0. The molecule has 1 saturated carbocycles. The smallest absolute Gasteiger partial charge is 0.0699 e. The normalized spacial score (nSPS) is 39.0. The molecule has 0 radical (unpaired) electrons. The molecule has 1 aliphatic carbocycles. The monoisotopic (exact) mass is 127 g/mol. The van der Waals surface area contributed by atoms with Gasteiger partial charge in [-0.15, -0.1) is 0 Å². The van der Waals surface area contributed by atoms with Crippen LogP contribution in [0, 0.1) is 0 Å². The Balaban J connectivity index is 1.99. The molecular formula is C7H13NO. The largest absolute Gasteiger partial charge is 0.373 e. The number of hydrogen-bond acceptors (Lipinski definition) is 2. The number of hydrogen-bond donors (Lipinski definition) is 1. The zero-order chi connectivity index (χ0) is 6.32. The molecule has 9 heavy (non-hydrogen) atoms. The van der Waals surface area contributed by atoms with E-state index in [9.17, 15) is 0 Å². The second-order valence-corrected chi connectivity index (χ2v) is 3.31. The molecule has 2 N–H and O–H groups in total. The van der Waals surface area contributed by atoms with Gasteiger partial charge in [0.05, 0.1) is 12.2 Å². The van der Waals surface area contributed by atoms with Crippen LogP contribution in [0.1, 0.15) is 25.7 Å². The first-order valence-electron chi connectivity index (χ1n) is 3.70. The molecular weight excluding hydrogens is 114 g/mol. The molecule has 1 heterocycles. The predicted octanol–water partition coefficient (Wildman–Crippen LogP) is 0.657. The van der Waals surface area contributed by atoms with E-state index in [0.717, 1.165) is 13.0 Å². The fourth-order valence-corrected chi connectivity index (χ4v) is 1.80. The van der Waals surface area contributed by atoms with Crippen LogP contribution < -0.4 is 5.73 Å². The fraction of sp³-hybridized carbons (Fsp3) is 1.00. The first kappa shape index (κ1) is 5.69. The van der Waals surface area contributed by atoms with Gasteiger partial charge in [0, 0.05) is 6.04 Å². The lowest BCUT2D eigenvalue weighted by Crippen LogP contribution is -2.36. The Morgan fingerprint density at radius 2 is 2.22 bits per heavy atom. The summed E-state index contributed by atoms with van der Waals surface area (Å²) in [6.45, 7) is 0.792. The van der Waals surface area contributed by atoms with Gasteiger partial charge >= 0.3 is 0 Å². The molecule has 0 aromatic rings. The van der Waals surface area contributed by atoms with Crippen LogP contribution in [-0.4, -0.2) is 18.2 Å². The van der Waals surface area contributed by atoms with Crippen LogP contribution in [-0.2, 0) is 4.74 Å². The van der Waals surface area contributed by atoms with E-state index in [4.69, 9.17) is 10.5 Å². The van der Waals surface area contributed by atoms with E-state index in [1.807, 2.05) is 0 Å². The molecule has 1 atom stereocenters. The fourth-order valence-electron chi connectivity index (χ4n) is 1.80. The van der Waals surface area contributed by atoms with Gasteiger partial charge in [0.15, 0.2) is 0 Å². The van der Waals surface area contributed by atoms with Crippen molar-refractivity contribution >= 4 is 0 Å². The lowest BCUT2D eigenvalue weighted by molar-refractivity contribution is -0.0562. The maximum atomic E-state index is 5.69. The van der Waals surface area contributed by atoms with E-state index in [2.05, 4.69) is 0 Å². The van der Waals surface area contributed by atoms with E-state index >= 15 is 0 Å². The molecule has 2 rings (SSSR count). The second kappa shape index (κ2) is 1.70. The second-order valence-electron chi connectivity index (χ2n) is 3.31. The quantitative estimate of drug-likeness (QED) is 0.518. The van der Waals surface area contributed by atoms with Gasteiger partial charge in [-0.3, -0.25) is 0 Å². The maximum Gasteiger partial charge on any atom is 0.0699 e. The van der Waals surface area contributed by atoms with Crippen molar-refractivity contribution in [1.29, 1.82) is 0 Å². The van der Waals surface area contributed by atoms with Crippen molar-refractivity contribution in [3.05, 3.63) is 0 Å². The van der Waals surface area contributed by atoms with Crippen molar-refractivity contribution in [3.8, 4) is 0 Å². The summed E-state index contributed by atoms with van der Waals surface area (Å²) in [5, 5.41) is 0. The van der Waals surface area contributed by atoms with Crippen molar-refractivity contribution in [1.82, 2.24) is 0 Å². The molecule has 2 aliphatic rings. The average molecular weight is 127 g/mol. The summed E-state index contributed by atoms with van der Waals surface area (Å²) in [7, 11) is 0. The first-order chi connectivity index (χ1) is 4.31. The van der Waals surface area contributed by atoms with E-state index in [1.54, 1.807) is 0 Å². The SMILES string of the molecule is N[C@H]1COC2(CCC2)C1. The standard InChI is InChI=1S/C7H13NO/c8-6-4-7(9-5-6)2-1-3-7/h6H,1-5,8H2/t6-/m1/s1. The molecule has 2 fully saturated rings. The summed E-state index contributed by atoms with van der Waals surface area (Å²) in [5.41, 5.74) is 5.96. The number of ether oxygens (including phenoxy) is 1. The van der Waals surface area contributed by atoms with Crippen LogP contribution in [0.15, 0.2) is 0 Å². The molecule has 52 valence electrons. The van der Waals surface area contributed by atoms with Gasteiger partial charge in [-0.1, -0.05) is 0 Å². The van der Waals surface area contributed by atoms with Crippen LogP contribution in [0.5, 0.6) is 0 Å². The number of nitrogens with two attached hydrogens (primary N) is 1. The van der Waals surface area contributed by atoms with Gasteiger partial charge in [0.2, 0.25) is 0 Å². The predicted molar refractivity (Wildman–Crippen MR) is 35.1 cm³/mol. The summed E-state index contributed by atoms with van der Waals surface area (Å²) in [5.74, 6) is 0. The minimum atomic E-state index is 0.263. The Hall–Kier alpha value is -0.0800. The molecule has 0 amide bonds. The summed E-state index contributed by atoms with van der Waals surface area (Å²) in [4.78, 5) is 0. The molecule has 1 saturated heterocycles. The molecule has 0 bridgehead atoms. The van der Waals surface area contributed by atoms with E-state index in [-0.39, 0.29) is 5.60 Å². The molecule has 0 unspecified atom stereocenters. The summed E-state index contributed by atoms with van der Waals surface area (Å²) in [6, 6.07) is 0.324. The van der Waals surface area contributed by atoms with Crippen LogP contribution in [0.3, 0.4) is 0 Å². The Labute approximate surface area is 55.4 Å². The van der Waals surface area contributed by atoms with Gasteiger partial charge < -0.3 is 10.5 Å². The van der Waals surface area contributed by atoms with E-state index < -0.39 is 0 Å². The lowest BCUT2D eigenvalue weighted by Gasteiger charge is -2.36. The van der Waals surface area contributed by atoms with E-state index in [1.165, 1.54) is 19.3 Å². The van der Waals surface area contributed by atoms with Gasteiger partial charge in [-0.2, -0.15) is 0 Å². The molecule has 0 aromatic heterocycles. The zero-order valence-corrected chi connectivity index (χ0v) is 5.60. The Morgan fingerprint density at radius 3 is 2.44 bits per heavy atom. The van der Waals surface area contributed by atoms with Crippen molar-refractivity contribution in [2.75, 3.05) is 6.61 Å². The molecule has 1 spiro atoms. The van der Waals surface area contributed by atoms with Gasteiger partial charge in [0.1, 0.15) is 0 Å². The molecule has 2 heteroatoms. The first-order valence-corrected chi connectivity index (χ1v) is 3.70. The van der Waals surface area contributed by atoms with Gasteiger partial charge in [-0.25, -0.2) is 0 Å². The van der Waals surface area contributed by atoms with Crippen LogP contribution in [0.4, 0.5) is 0 Å². The minimum absolute atomic E-state index is 0.263. The lowest BCUT2D eigenvalue weighted by atomic mass is 9.78. The summed E-state index contributed by atoms with van der Waals surface area (Å²) < 4.78 is 5.56. The van der Waals surface area contributed by atoms with Crippen molar-refractivity contribution in [2.45, 2.75) is 37.3 Å². The van der Waals surface area contributed by atoms with Crippen molar-refractivity contribution in [3.63, 3.8) is 0 Å². The third-order valence-electron chi connectivity index (χ3n) is 2.50. The highest BCUT2D eigenvalue weighted by atomic mass is 16.5. The van der Waals surface area contributed by atoms with Crippen LogP contribution >= 0.6 is 0 Å². The van der Waals surface area contributed by atoms with Crippen molar-refractivity contribution < 1.29 is 4.74 Å². The highest BCUT2D eigenvalue weighted by Gasteiger charge is 2.43. The van der Waals surface area contributed by atoms with Crippen LogP contribution in [0.2, 0.25) is 0 Å². The van der Waals surface area contributed by atoms with E-state index in [0.29, 0.717) is 6.04 Å². The zero-order valence-electron chi connectivity index (χ0n) is 5.60. The van der Waals surface area contributed by atoms with Crippen molar-refractivity contribution in [2.24, 2.45) is 5.73 Å². The molecule has 0 aromatic carbocycles. The Bertz CT molecular complexity index is 120.